The van der Waals surface area contributed by atoms with Crippen LogP contribution < -0.4 is 0 Å². The molecule has 1 aliphatic heterocycles. The van der Waals surface area contributed by atoms with Gasteiger partial charge in [-0.1, -0.05) is 110 Å². The van der Waals surface area contributed by atoms with E-state index in [-0.39, 0.29) is 0 Å². The van der Waals surface area contributed by atoms with E-state index in [1.165, 1.54) is 103 Å². The van der Waals surface area contributed by atoms with Crippen LogP contribution in [0, 0.1) is 5.41 Å². The van der Waals surface area contributed by atoms with Gasteiger partial charge >= 0.3 is 0 Å². The SMILES string of the molecule is CCCCCCCCCCCCCCCCCCOCC1(C)COC1. The van der Waals surface area contributed by atoms with Gasteiger partial charge in [0.15, 0.2) is 0 Å². The lowest BCUT2D eigenvalue weighted by atomic mass is 9.90. The number of hydrogen-bond acceptors (Lipinski definition) is 2. The Bertz CT molecular complexity index is 273. The minimum Gasteiger partial charge on any atom is -0.381 e. The Morgan fingerprint density at radius 3 is 1.40 bits per heavy atom. The molecule has 1 heterocycles. The summed E-state index contributed by atoms with van der Waals surface area (Å²) in [5, 5.41) is 0. The highest BCUT2D eigenvalue weighted by atomic mass is 16.5. The summed E-state index contributed by atoms with van der Waals surface area (Å²) in [4.78, 5) is 0. The zero-order valence-corrected chi connectivity index (χ0v) is 17.5. The maximum Gasteiger partial charge on any atom is 0.0564 e. The van der Waals surface area contributed by atoms with E-state index in [0.29, 0.717) is 5.41 Å². The van der Waals surface area contributed by atoms with E-state index in [9.17, 15) is 0 Å². The van der Waals surface area contributed by atoms with Crippen molar-refractivity contribution in [3.05, 3.63) is 0 Å². The molecule has 0 spiro atoms. The van der Waals surface area contributed by atoms with Gasteiger partial charge in [0.05, 0.1) is 19.8 Å². The topological polar surface area (TPSA) is 18.5 Å². The molecule has 25 heavy (non-hydrogen) atoms. The summed E-state index contributed by atoms with van der Waals surface area (Å²) in [6, 6.07) is 0. The molecule has 1 rings (SSSR count). The zero-order chi connectivity index (χ0) is 18.1. The van der Waals surface area contributed by atoms with Crippen LogP contribution >= 0.6 is 0 Å². The highest BCUT2D eigenvalue weighted by molar-refractivity contribution is 4.79. The fourth-order valence-corrected chi connectivity index (χ4v) is 3.60. The maximum absolute atomic E-state index is 5.78. The molecular weight excluding hydrogens is 308 g/mol. The summed E-state index contributed by atoms with van der Waals surface area (Å²) in [6.45, 7) is 8.13. The summed E-state index contributed by atoms with van der Waals surface area (Å²) < 4.78 is 11.0. The summed E-state index contributed by atoms with van der Waals surface area (Å²) >= 11 is 0. The molecule has 0 radical (unpaired) electrons. The van der Waals surface area contributed by atoms with Crippen molar-refractivity contribution < 1.29 is 9.47 Å². The third kappa shape index (κ3) is 13.7. The van der Waals surface area contributed by atoms with Crippen LogP contribution in [0.3, 0.4) is 0 Å². The molecule has 0 aliphatic carbocycles. The van der Waals surface area contributed by atoms with Crippen LogP contribution in [0.25, 0.3) is 0 Å². The monoisotopic (exact) mass is 354 g/mol. The fourth-order valence-electron chi connectivity index (χ4n) is 3.60. The Morgan fingerprint density at radius 1 is 0.640 bits per heavy atom. The first-order valence-corrected chi connectivity index (χ1v) is 11.4. The molecule has 0 atom stereocenters. The molecule has 0 aromatic rings. The van der Waals surface area contributed by atoms with E-state index in [2.05, 4.69) is 13.8 Å². The molecule has 0 unspecified atom stereocenters. The molecule has 1 aliphatic rings. The van der Waals surface area contributed by atoms with E-state index in [0.717, 1.165) is 26.4 Å². The van der Waals surface area contributed by atoms with E-state index < -0.39 is 0 Å². The molecule has 0 bridgehead atoms. The Hall–Kier alpha value is -0.0800. The predicted molar refractivity (Wildman–Crippen MR) is 109 cm³/mol. The van der Waals surface area contributed by atoms with Crippen molar-refractivity contribution in [3.63, 3.8) is 0 Å². The first-order valence-electron chi connectivity index (χ1n) is 11.4. The first-order chi connectivity index (χ1) is 12.3. The van der Waals surface area contributed by atoms with Crippen LogP contribution in [0.5, 0.6) is 0 Å². The minimum absolute atomic E-state index is 0.315. The van der Waals surface area contributed by atoms with Gasteiger partial charge in [0.25, 0.3) is 0 Å². The van der Waals surface area contributed by atoms with Gasteiger partial charge < -0.3 is 9.47 Å². The summed E-state index contributed by atoms with van der Waals surface area (Å²) in [6.07, 6.45) is 22.8. The third-order valence-electron chi connectivity index (χ3n) is 5.49. The molecule has 0 amide bonds. The fraction of sp³-hybridized carbons (Fsp3) is 1.00. The molecule has 1 saturated heterocycles. The second-order valence-electron chi connectivity index (χ2n) is 8.66. The second-order valence-corrected chi connectivity index (χ2v) is 8.66. The Balaban J connectivity index is 1.64. The van der Waals surface area contributed by atoms with E-state index >= 15 is 0 Å². The van der Waals surface area contributed by atoms with Gasteiger partial charge in [0, 0.05) is 12.0 Å². The quantitative estimate of drug-likeness (QED) is 0.226. The highest BCUT2D eigenvalue weighted by Gasteiger charge is 2.33. The van der Waals surface area contributed by atoms with E-state index in [1.54, 1.807) is 0 Å². The van der Waals surface area contributed by atoms with Crippen LogP contribution in [0.2, 0.25) is 0 Å². The van der Waals surface area contributed by atoms with Crippen LogP contribution in [0.4, 0.5) is 0 Å². The Kier molecular flexibility index (Phi) is 14.8. The van der Waals surface area contributed by atoms with Gasteiger partial charge in [-0.15, -0.1) is 0 Å². The number of hydrogen-bond donors (Lipinski definition) is 0. The van der Waals surface area contributed by atoms with E-state index in [4.69, 9.17) is 9.47 Å². The number of unbranched alkanes of at least 4 members (excludes halogenated alkanes) is 15. The molecule has 150 valence electrons. The largest absolute Gasteiger partial charge is 0.381 e. The van der Waals surface area contributed by atoms with E-state index in [1.807, 2.05) is 0 Å². The standard InChI is InChI=1S/C23H46O2/c1-3-4-5-6-7-8-9-10-11-12-13-14-15-16-17-18-19-24-20-23(2)21-25-22-23/h3-22H2,1-2H3. The van der Waals surface area contributed by atoms with Gasteiger partial charge in [0.1, 0.15) is 0 Å². The number of ether oxygens (including phenoxy) is 2. The molecule has 0 aromatic heterocycles. The summed E-state index contributed by atoms with van der Waals surface area (Å²) in [5.74, 6) is 0. The van der Waals surface area contributed by atoms with Crippen molar-refractivity contribution >= 4 is 0 Å². The van der Waals surface area contributed by atoms with Gasteiger partial charge in [-0.05, 0) is 6.42 Å². The molecule has 2 nitrogen and oxygen atoms in total. The van der Waals surface area contributed by atoms with Crippen molar-refractivity contribution in [2.45, 2.75) is 117 Å². The van der Waals surface area contributed by atoms with Crippen LogP contribution in [0.1, 0.15) is 117 Å². The van der Waals surface area contributed by atoms with Gasteiger partial charge in [0.2, 0.25) is 0 Å². The molecule has 0 aromatic carbocycles. The van der Waals surface area contributed by atoms with Gasteiger partial charge in [-0.2, -0.15) is 0 Å². The Morgan fingerprint density at radius 2 is 1.04 bits per heavy atom. The smallest absolute Gasteiger partial charge is 0.0564 e. The lowest BCUT2D eigenvalue weighted by Gasteiger charge is -2.37. The summed E-state index contributed by atoms with van der Waals surface area (Å²) in [7, 11) is 0. The van der Waals surface area contributed by atoms with Gasteiger partial charge in [-0.25, -0.2) is 0 Å². The molecule has 0 saturated carbocycles. The molecule has 2 heteroatoms. The predicted octanol–water partition coefficient (Wildman–Crippen LogP) is 7.30. The van der Waals surface area contributed by atoms with Crippen molar-refractivity contribution in [1.82, 2.24) is 0 Å². The van der Waals surface area contributed by atoms with Crippen LogP contribution in [0.15, 0.2) is 0 Å². The van der Waals surface area contributed by atoms with Crippen molar-refractivity contribution in [2.24, 2.45) is 5.41 Å². The number of rotatable bonds is 19. The Labute approximate surface area is 158 Å². The van der Waals surface area contributed by atoms with Gasteiger partial charge in [-0.3, -0.25) is 0 Å². The second kappa shape index (κ2) is 16.1. The third-order valence-corrected chi connectivity index (χ3v) is 5.49. The lowest BCUT2D eigenvalue weighted by Crippen LogP contribution is -2.43. The minimum atomic E-state index is 0.315. The maximum atomic E-state index is 5.78. The zero-order valence-electron chi connectivity index (χ0n) is 17.5. The molecule has 1 fully saturated rings. The average molecular weight is 355 g/mol. The van der Waals surface area contributed by atoms with Crippen LogP contribution in [-0.2, 0) is 9.47 Å². The first kappa shape index (κ1) is 23.0. The molecular formula is C23H46O2. The van der Waals surface area contributed by atoms with Crippen molar-refractivity contribution in [2.75, 3.05) is 26.4 Å². The van der Waals surface area contributed by atoms with Crippen LogP contribution in [-0.4, -0.2) is 26.4 Å². The summed E-state index contributed by atoms with van der Waals surface area (Å²) in [5.41, 5.74) is 0.315. The van der Waals surface area contributed by atoms with Crippen molar-refractivity contribution in [1.29, 1.82) is 0 Å². The molecule has 0 N–H and O–H groups in total. The normalized spacial score (nSPS) is 16.1. The van der Waals surface area contributed by atoms with Crippen molar-refractivity contribution in [3.8, 4) is 0 Å². The average Bonchev–Trinajstić information content (AvgIpc) is 2.59. The lowest BCUT2D eigenvalue weighted by molar-refractivity contribution is -0.137. The highest BCUT2D eigenvalue weighted by Crippen LogP contribution is 2.26.